The lowest BCUT2D eigenvalue weighted by atomic mass is 10.9. The second-order valence-corrected chi connectivity index (χ2v) is 5.20. The van der Waals surface area contributed by atoms with E-state index in [4.69, 9.17) is 0 Å². The Labute approximate surface area is 43.3 Å². The van der Waals surface area contributed by atoms with Gasteiger partial charge in [0.25, 0.3) is 0 Å². The largest absolute Gasteiger partial charge is 0.316 e. The summed E-state index contributed by atoms with van der Waals surface area (Å²) in [5.41, 5.74) is -0.201. The van der Waals surface area contributed by atoms with Gasteiger partial charge in [0.1, 0.15) is 7.14 Å². The lowest BCUT2D eigenvalue weighted by Crippen LogP contribution is -1.87. The van der Waals surface area contributed by atoms with Crippen LogP contribution in [0.25, 0.3) is 0 Å². The highest BCUT2D eigenvalue weighted by atomic mass is 31.2. The molecule has 0 rings (SSSR count). The average molecular weight is 120 g/mol. The summed E-state index contributed by atoms with van der Waals surface area (Å²) >= 11 is 0. The zero-order valence-electron chi connectivity index (χ0n) is 4.76. The van der Waals surface area contributed by atoms with E-state index in [0.29, 0.717) is 0 Å². The maximum atomic E-state index is 10.6. The molecule has 0 aliphatic rings. The van der Waals surface area contributed by atoms with Gasteiger partial charge in [-0.05, 0) is 13.3 Å². The molecular weight excluding hydrogens is 111 g/mol. The third-order valence-corrected chi connectivity index (χ3v) is 2.28. The molecule has 0 radical (unpaired) electrons. The van der Waals surface area contributed by atoms with Crippen molar-refractivity contribution in [3.05, 3.63) is 0 Å². The number of hydrogen-bond acceptors (Lipinski definition) is 2. The Morgan fingerprint density at radius 3 is 1.57 bits per heavy atom. The number of rotatable bonds is 1. The predicted octanol–water partition coefficient (Wildman–Crippen LogP) is 1.16. The van der Waals surface area contributed by atoms with Crippen LogP contribution in [0.4, 0.5) is 0 Å². The second-order valence-electron chi connectivity index (χ2n) is 1.87. The van der Waals surface area contributed by atoms with Gasteiger partial charge < -0.3 is 4.57 Å². The lowest BCUT2D eigenvalue weighted by molar-refractivity contribution is -0.110. The maximum absolute atomic E-state index is 10.6. The van der Waals surface area contributed by atoms with Gasteiger partial charge in [0, 0.05) is 6.92 Å². The van der Waals surface area contributed by atoms with Crippen LogP contribution in [0.5, 0.6) is 0 Å². The van der Waals surface area contributed by atoms with Crippen molar-refractivity contribution in [2.45, 2.75) is 6.92 Å². The van der Waals surface area contributed by atoms with Crippen LogP contribution >= 0.6 is 7.14 Å². The van der Waals surface area contributed by atoms with Crippen LogP contribution < -0.4 is 0 Å². The first-order chi connectivity index (χ1) is 2.94. The van der Waals surface area contributed by atoms with Crippen molar-refractivity contribution >= 4 is 12.7 Å². The number of carbonyl (C=O) groups is 1. The van der Waals surface area contributed by atoms with Crippen LogP contribution in [-0.4, -0.2) is 18.9 Å². The molecule has 0 fully saturated rings. The van der Waals surface area contributed by atoms with Crippen molar-refractivity contribution in [1.82, 2.24) is 0 Å². The number of carbonyl (C=O) groups excluding carboxylic acids is 1. The van der Waals surface area contributed by atoms with Crippen LogP contribution in [0.2, 0.25) is 0 Å². The molecule has 0 heterocycles. The van der Waals surface area contributed by atoms with Crippen molar-refractivity contribution < 1.29 is 9.36 Å². The molecule has 0 aliphatic carbocycles. The minimum absolute atomic E-state index is 0.201. The van der Waals surface area contributed by atoms with Crippen molar-refractivity contribution in [1.29, 1.82) is 0 Å². The van der Waals surface area contributed by atoms with E-state index in [-0.39, 0.29) is 5.52 Å². The van der Waals surface area contributed by atoms with Crippen LogP contribution in [-0.2, 0) is 9.36 Å². The molecule has 0 aromatic carbocycles. The monoisotopic (exact) mass is 120 g/mol. The molecule has 0 aliphatic heterocycles. The highest BCUT2D eigenvalue weighted by molar-refractivity contribution is 7.78. The van der Waals surface area contributed by atoms with Crippen molar-refractivity contribution in [2.24, 2.45) is 0 Å². The molecule has 2 nitrogen and oxygen atoms in total. The third kappa shape index (κ3) is 2.58. The molecule has 0 aromatic heterocycles. The standard InChI is InChI=1S/C4H9O2P/c1-4(5)7(2,3)6/h1-3H3. The fraction of sp³-hybridized carbons (Fsp3) is 0.750. The van der Waals surface area contributed by atoms with Gasteiger partial charge in [-0.2, -0.15) is 0 Å². The second kappa shape index (κ2) is 1.79. The normalized spacial score (nSPS) is 11.3. The first kappa shape index (κ1) is 6.90. The molecular formula is C4H9O2P. The molecule has 0 amide bonds. The Kier molecular flexibility index (Phi) is 1.76. The van der Waals surface area contributed by atoms with Gasteiger partial charge in [0.15, 0.2) is 5.52 Å². The van der Waals surface area contributed by atoms with E-state index >= 15 is 0 Å². The van der Waals surface area contributed by atoms with E-state index in [9.17, 15) is 9.36 Å². The average Bonchev–Trinajstić information content (AvgIpc) is 1.31. The van der Waals surface area contributed by atoms with Crippen LogP contribution in [0.15, 0.2) is 0 Å². The molecule has 42 valence electrons. The molecule has 0 aromatic rings. The zero-order valence-corrected chi connectivity index (χ0v) is 5.66. The maximum Gasteiger partial charge on any atom is 0.187 e. The summed E-state index contributed by atoms with van der Waals surface area (Å²) in [5, 5.41) is 0. The van der Waals surface area contributed by atoms with Gasteiger partial charge in [-0.1, -0.05) is 0 Å². The van der Waals surface area contributed by atoms with Gasteiger partial charge >= 0.3 is 0 Å². The van der Waals surface area contributed by atoms with Crippen LogP contribution in [0.1, 0.15) is 6.92 Å². The molecule has 0 spiro atoms. The molecule has 3 heteroatoms. The summed E-state index contributed by atoms with van der Waals surface area (Å²) in [6, 6.07) is 0. The number of hydrogen-bond donors (Lipinski definition) is 0. The predicted molar refractivity (Wildman–Crippen MR) is 30.1 cm³/mol. The van der Waals surface area contributed by atoms with Crippen molar-refractivity contribution in [3.63, 3.8) is 0 Å². The molecule has 0 unspecified atom stereocenters. The molecule has 0 bridgehead atoms. The van der Waals surface area contributed by atoms with Crippen molar-refractivity contribution in [3.8, 4) is 0 Å². The summed E-state index contributed by atoms with van der Waals surface area (Å²) in [7, 11) is -2.38. The van der Waals surface area contributed by atoms with Gasteiger partial charge in [-0.25, -0.2) is 0 Å². The van der Waals surface area contributed by atoms with E-state index in [1.54, 1.807) is 0 Å². The summed E-state index contributed by atoms with van der Waals surface area (Å²) < 4.78 is 10.6. The van der Waals surface area contributed by atoms with E-state index in [1.165, 1.54) is 20.3 Å². The smallest absolute Gasteiger partial charge is 0.187 e. The van der Waals surface area contributed by atoms with Gasteiger partial charge in [-0.3, -0.25) is 4.79 Å². The topological polar surface area (TPSA) is 34.1 Å². The first-order valence-corrected chi connectivity index (χ1v) is 4.61. The van der Waals surface area contributed by atoms with Crippen LogP contribution in [0, 0.1) is 0 Å². The Bertz CT molecular complexity index is 122. The first-order valence-electron chi connectivity index (χ1n) is 2.00. The van der Waals surface area contributed by atoms with Crippen LogP contribution in [0.3, 0.4) is 0 Å². The van der Waals surface area contributed by atoms with E-state index in [0.717, 1.165) is 0 Å². The summed E-state index contributed by atoms with van der Waals surface area (Å²) in [6.45, 7) is 4.28. The molecule has 0 N–H and O–H groups in total. The molecule has 0 saturated heterocycles. The quantitative estimate of drug-likeness (QED) is 0.486. The highest BCUT2D eigenvalue weighted by Gasteiger charge is 2.11. The highest BCUT2D eigenvalue weighted by Crippen LogP contribution is 2.35. The zero-order chi connectivity index (χ0) is 6.08. The third-order valence-electron chi connectivity index (χ3n) is 0.758. The van der Waals surface area contributed by atoms with E-state index < -0.39 is 7.14 Å². The molecule has 7 heavy (non-hydrogen) atoms. The fourth-order valence-electron chi connectivity index (χ4n) is 0. The van der Waals surface area contributed by atoms with Gasteiger partial charge in [-0.15, -0.1) is 0 Å². The Balaban J connectivity index is 4.09. The minimum Gasteiger partial charge on any atom is -0.316 e. The van der Waals surface area contributed by atoms with E-state index in [1.807, 2.05) is 0 Å². The molecule has 0 atom stereocenters. The Morgan fingerprint density at radius 1 is 1.43 bits per heavy atom. The van der Waals surface area contributed by atoms with E-state index in [2.05, 4.69) is 0 Å². The van der Waals surface area contributed by atoms with Crippen molar-refractivity contribution in [2.75, 3.05) is 13.3 Å². The lowest BCUT2D eigenvalue weighted by Gasteiger charge is -1.95. The Hall–Kier alpha value is -0.100. The molecule has 0 saturated carbocycles. The fourth-order valence-corrected chi connectivity index (χ4v) is 0. The summed E-state index contributed by atoms with van der Waals surface area (Å²) in [4.78, 5) is 10.2. The van der Waals surface area contributed by atoms with Gasteiger partial charge in [0.05, 0.1) is 0 Å². The Morgan fingerprint density at radius 2 is 1.57 bits per heavy atom. The summed E-state index contributed by atoms with van der Waals surface area (Å²) in [5.74, 6) is 0. The minimum atomic E-state index is -2.38. The summed E-state index contributed by atoms with van der Waals surface area (Å²) in [6.07, 6.45) is 0. The SMILES string of the molecule is CC(=O)P(C)(C)=O. The van der Waals surface area contributed by atoms with Gasteiger partial charge in [0.2, 0.25) is 0 Å².